The van der Waals surface area contributed by atoms with Gasteiger partial charge in [-0.05, 0) is 19.3 Å². The first-order valence-electron chi connectivity index (χ1n) is 7.74. The molecule has 2 fully saturated rings. The summed E-state index contributed by atoms with van der Waals surface area (Å²) in [6.45, 7) is 1.87. The highest BCUT2D eigenvalue weighted by Crippen LogP contribution is 2.11. The summed E-state index contributed by atoms with van der Waals surface area (Å²) in [4.78, 5) is 38.3. The molecule has 2 aliphatic rings. The average molecular weight is 296 g/mol. The number of nitrogens with one attached hydrogen (secondary N) is 2. The monoisotopic (exact) mass is 296 g/mol. The summed E-state index contributed by atoms with van der Waals surface area (Å²) in [6.07, 6.45) is 6.13. The van der Waals surface area contributed by atoms with Gasteiger partial charge < -0.3 is 20.4 Å². The van der Waals surface area contributed by atoms with Gasteiger partial charge in [-0.25, -0.2) is 4.79 Å². The van der Waals surface area contributed by atoms with E-state index in [0.29, 0.717) is 25.9 Å². The lowest BCUT2D eigenvalue weighted by molar-refractivity contribution is -0.132. The lowest BCUT2D eigenvalue weighted by atomic mass is 10.1. The highest BCUT2D eigenvalue weighted by molar-refractivity contribution is 5.80. The van der Waals surface area contributed by atoms with E-state index in [4.69, 9.17) is 0 Å². The smallest absolute Gasteiger partial charge is 0.317 e. The first-order valence-corrected chi connectivity index (χ1v) is 7.74. The molecule has 2 aliphatic heterocycles. The van der Waals surface area contributed by atoms with Crippen LogP contribution in [0.1, 0.15) is 44.9 Å². The van der Waals surface area contributed by atoms with Gasteiger partial charge in [-0.3, -0.25) is 9.59 Å². The molecule has 0 radical (unpaired) electrons. The van der Waals surface area contributed by atoms with Crippen molar-refractivity contribution in [3.63, 3.8) is 0 Å². The standard InChI is InChI=1S/C14H24N4O3/c19-12-6-3-1-2-4-8-17(12)10-15-14(21)16-11-18-9-5-7-13(18)20/h1-11H2,(H2,15,16,21). The fraction of sp³-hybridized carbons (Fsp3) is 0.786. The molecule has 0 unspecified atom stereocenters. The first-order chi connectivity index (χ1) is 10.2. The van der Waals surface area contributed by atoms with Crippen molar-refractivity contribution in [1.29, 1.82) is 0 Å². The van der Waals surface area contributed by atoms with E-state index in [1.165, 1.54) is 0 Å². The Morgan fingerprint density at radius 3 is 1.90 bits per heavy atom. The second-order valence-electron chi connectivity index (χ2n) is 5.58. The molecule has 0 bridgehead atoms. The SMILES string of the molecule is O=C(NCN1CCCCCCC1=O)NCN1CCCC1=O. The Kier molecular flexibility index (Phi) is 5.83. The molecular formula is C14H24N4O3. The number of hydrogen-bond donors (Lipinski definition) is 2. The zero-order chi connectivity index (χ0) is 15.1. The number of urea groups is 1. The van der Waals surface area contributed by atoms with Crippen molar-refractivity contribution in [2.45, 2.75) is 44.9 Å². The van der Waals surface area contributed by atoms with Gasteiger partial charge in [-0.2, -0.15) is 0 Å². The maximum atomic E-state index is 11.9. The van der Waals surface area contributed by atoms with Crippen molar-refractivity contribution in [3.05, 3.63) is 0 Å². The van der Waals surface area contributed by atoms with Gasteiger partial charge in [0, 0.05) is 25.9 Å². The fourth-order valence-corrected chi connectivity index (χ4v) is 2.65. The van der Waals surface area contributed by atoms with Crippen LogP contribution in [-0.4, -0.2) is 54.1 Å². The molecule has 21 heavy (non-hydrogen) atoms. The highest BCUT2D eigenvalue weighted by atomic mass is 16.2. The number of carbonyl (C=O) groups is 3. The number of carbonyl (C=O) groups excluding carboxylic acids is 3. The molecule has 0 aromatic carbocycles. The van der Waals surface area contributed by atoms with E-state index in [-0.39, 0.29) is 31.2 Å². The van der Waals surface area contributed by atoms with Crippen molar-refractivity contribution < 1.29 is 14.4 Å². The van der Waals surface area contributed by atoms with Crippen LogP contribution in [0.2, 0.25) is 0 Å². The maximum absolute atomic E-state index is 11.9. The molecule has 4 amide bonds. The Hall–Kier alpha value is -1.79. The number of likely N-dealkylation sites (tertiary alicyclic amines) is 2. The van der Waals surface area contributed by atoms with E-state index < -0.39 is 0 Å². The molecular weight excluding hydrogens is 272 g/mol. The minimum Gasteiger partial charge on any atom is -0.325 e. The largest absolute Gasteiger partial charge is 0.325 e. The van der Waals surface area contributed by atoms with Crippen molar-refractivity contribution in [2.24, 2.45) is 0 Å². The van der Waals surface area contributed by atoms with E-state index in [1.54, 1.807) is 9.80 Å². The van der Waals surface area contributed by atoms with Crippen LogP contribution in [-0.2, 0) is 9.59 Å². The zero-order valence-electron chi connectivity index (χ0n) is 12.4. The molecule has 0 spiro atoms. The maximum Gasteiger partial charge on any atom is 0.317 e. The van der Waals surface area contributed by atoms with Gasteiger partial charge in [0.1, 0.15) is 0 Å². The van der Waals surface area contributed by atoms with Gasteiger partial charge >= 0.3 is 6.03 Å². The minimum atomic E-state index is -0.343. The Morgan fingerprint density at radius 1 is 0.810 bits per heavy atom. The third-order valence-corrected chi connectivity index (χ3v) is 3.95. The number of amides is 4. The van der Waals surface area contributed by atoms with Crippen LogP contribution in [0.3, 0.4) is 0 Å². The zero-order valence-corrected chi connectivity index (χ0v) is 12.4. The number of rotatable bonds is 4. The van der Waals surface area contributed by atoms with Gasteiger partial charge in [0.25, 0.3) is 0 Å². The average Bonchev–Trinajstić information content (AvgIpc) is 2.86. The van der Waals surface area contributed by atoms with Gasteiger partial charge in [-0.1, -0.05) is 12.8 Å². The van der Waals surface area contributed by atoms with Crippen LogP contribution in [0.5, 0.6) is 0 Å². The molecule has 0 atom stereocenters. The predicted molar refractivity (Wildman–Crippen MR) is 77.1 cm³/mol. The molecule has 0 aliphatic carbocycles. The molecule has 0 saturated carbocycles. The lowest BCUT2D eigenvalue weighted by Crippen LogP contribution is -2.48. The first kappa shape index (κ1) is 15.6. The summed E-state index contributed by atoms with van der Waals surface area (Å²) in [5.74, 6) is 0.180. The lowest BCUT2D eigenvalue weighted by Gasteiger charge is -2.25. The second kappa shape index (κ2) is 7.85. The topological polar surface area (TPSA) is 81.8 Å². The molecule has 118 valence electrons. The van der Waals surface area contributed by atoms with Crippen LogP contribution in [0.25, 0.3) is 0 Å². The summed E-state index contributed by atoms with van der Waals surface area (Å²) in [6, 6.07) is -0.343. The molecule has 7 heteroatoms. The Labute approximate surface area is 125 Å². The molecule has 0 aromatic rings. The van der Waals surface area contributed by atoms with Crippen molar-refractivity contribution >= 4 is 17.8 Å². The van der Waals surface area contributed by atoms with Crippen LogP contribution in [0.15, 0.2) is 0 Å². The minimum absolute atomic E-state index is 0.0780. The summed E-state index contributed by atoms with van der Waals surface area (Å²) in [5.41, 5.74) is 0. The highest BCUT2D eigenvalue weighted by Gasteiger charge is 2.20. The third-order valence-electron chi connectivity index (χ3n) is 3.95. The van der Waals surface area contributed by atoms with E-state index >= 15 is 0 Å². The van der Waals surface area contributed by atoms with Crippen molar-refractivity contribution in [1.82, 2.24) is 20.4 Å². The van der Waals surface area contributed by atoms with E-state index in [9.17, 15) is 14.4 Å². The molecule has 0 aromatic heterocycles. The molecule has 2 N–H and O–H groups in total. The predicted octanol–water partition coefficient (Wildman–Crippen LogP) is 0.616. The number of nitrogens with zero attached hydrogens (tertiary/aromatic N) is 2. The normalized spacial score (nSPS) is 20.2. The Morgan fingerprint density at radius 2 is 1.33 bits per heavy atom. The molecule has 2 saturated heterocycles. The Bertz CT molecular complexity index is 400. The van der Waals surface area contributed by atoms with Crippen molar-refractivity contribution in [3.8, 4) is 0 Å². The molecule has 2 heterocycles. The van der Waals surface area contributed by atoms with Crippen LogP contribution in [0, 0.1) is 0 Å². The van der Waals surface area contributed by atoms with Gasteiger partial charge in [-0.15, -0.1) is 0 Å². The summed E-state index contributed by atoms with van der Waals surface area (Å²) < 4.78 is 0. The second-order valence-corrected chi connectivity index (χ2v) is 5.58. The Balaban J connectivity index is 1.67. The summed E-state index contributed by atoms with van der Waals surface area (Å²) >= 11 is 0. The summed E-state index contributed by atoms with van der Waals surface area (Å²) in [5, 5.41) is 5.34. The number of hydrogen-bond acceptors (Lipinski definition) is 3. The van der Waals surface area contributed by atoms with Crippen LogP contribution < -0.4 is 10.6 Å². The van der Waals surface area contributed by atoms with Crippen LogP contribution >= 0.6 is 0 Å². The van der Waals surface area contributed by atoms with E-state index in [1.807, 2.05) is 0 Å². The van der Waals surface area contributed by atoms with Crippen molar-refractivity contribution in [2.75, 3.05) is 26.4 Å². The van der Waals surface area contributed by atoms with E-state index in [2.05, 4.69) is 10.6 Å². The fourth-order valence-electron chi connectivity index (χ4n) is 2.65. The van der Waals surface area contributed by atoms with Crippen LogP contribution in [0.4, 0.5) is 4.79 Å². The summed E-state index contributed by atoms with van der Waals surface area (Å²) in [7, 11) is 0. The quantitative estimate of drug-likeness (QED) is 0.797. The van der Waals surface area contributed by atoms with Gasteiger partial charge in [0.15, 0.2) is 0 Å². The van der Waals surface area contributed by atoms with E-state index in [0.717, 1.165) is 32.1 Å². The van der Waals surface area contributed by atoms with Gasteiger partial charge in [0.05, 0.1) is 13.3 Å². The molecule has 2 rings (SSSR count). The third kappa shape index (κ3) is 4.91. The molecule has 7 nitrogen and oxygen atoms in total. The van der Waals surface area contributed by atoms with Gasteiger partial charge in [0.2, 0.25) is 11.8 Å².